The van der Waals surface area contributed by atoms with Gasteiger partial charge in [-0.2, -0.15) is 13.2 Å². The highest BCUT2D eigenvalue weighted by molar-refractivity contribution is 6.31. The van der Waals surface area contributed by atoms with E-state index < -0.39 is 52.2 Å². The Morgan fingerprint density at radius 3 is 2.38 bits per heavy atom. The molecule has 2 heterocycles. The number of hydrogen-bond donors (Lipinski definition) is 3. The molecule has 14 heteroatoms. The largest absolute Gasteiger partial charge is 0.494 e. The van der Waals surface area contributed by atoms with E-state index in [0.29, 0.717) is 0 Å². The summed E-state index contributed by atoms with van der Waals surface area (Å²) in [5, 5.41) is 22.0. The van der Waals surface area contributed by atoms with Crippen molar-refractivity contribution >= 4 is 28.2 Å². The van der Waals surface area contributed by atoms with Crippen LogP contribution in [0.5, 0.6) is 11.6 Å². The maximum Gasteiger partial charge on any atom is 0.421 e. The van der Waals surface area contributed by atoms with Gasteiger partial charge in [0.15, 0.2) is 11.6 Å². The fraction of sp³-hybridized carbons (Fsp3) is 0.231. The van der Waals surface area contributed by atoms with Crippen LogP contribution in [0.15, 0.2) is 59.5 Å². The molecular formula is C26H21ClF5N3O5. The van der Waals surface area contributed by atoms with E-state index in [1.807, 2.05) is 0 Å². The Bertz CT molecular complexity index is 1610. The number of aliphatic hydroxyl groups is 2. The first-order valence-electron chi connectivity index (χ1n) is 11.4. The lowest BCUT2D eigenvalue weighted by Crippen LogP contribution is -2.55. The smallest absolute Gasteiger partial charge is 0.421 e. The second-order valence-corrected chi connectivity index (χ2v) is 8.97. The number of benzene rings is 2. The number of aliphatic hydroxyl groups excluding tert-OH is 1. The predicted molar refractivity (Wildman–Crippen MR) is 136 cm³/mol. The lowest BCUT2D eigenvalue weighted by atomic mass is 9.87. The van der Waals surface area contributed by atoms with Gasteiger partial charge in [0.25, 0.3) is 5.56 Å². The molecule has 0 fully saturated rings. The number of ether oxygens (including phenoxy) is 2. The predicted octanol–water partition coefficient (Wildman–Crippen LogP) is 4.77. The highest BCUT2D eigenvalue weighted by Gasteiger charge is 2.59. The topological polar surface area (TPSA) is 106 Å². The van der Waals surface area contributed by atoms with Gasteiger partial charge in [-0.25, -0.2) is 13.8 Å². The molecule has 40 heavy (non-hydrogen) atoms. The fourth-order valence-electron chi connectivity index (χ4n) is 4.20. The molecule has 4 rings (SSSR count). The Balaban J connectivity index is 1.97. The molecule has 2 aromatic heterocycles. The third-order valence-corrected chi connectivity index (χ3v) is 6.67. The minimum atomic E-state index is -5.47. The van der Waals surface area contributed by atoms with E-state index in [1.165, 1.54) is 31.5 Å². The van der Waals surface area contributed by atoms with Crippen LogP contribution in [-0.2, 0) is 0 Å². The Morgan fingerprint density at radius 1 is 1.07 bits per heavy atom. The second kappa shape index (κ2) is 10.9. The Morgan fingerprint density at radius 2 is 1.80 bits per heavy atom. The van der Waals surface area contributed by atoms with E-state index in [4.69, 9.17) is 21.1 Å². The molecule has 0 bridgehead atoms. The van der Waals surface area contributed by atoms with Gasteiger partial charge in [-0.05, 0) is 35.9 Å². The van der Waals surface area contributed by atoms with E-state index in [0.717, 1.165) is 42.0 Å². The van der Waals surface area contributed by atoms with Crippen LogP contribution in [0, 0.1) is 11.6 Å². The van der Waals surface area contributed by atoms with Crippen LogP contribution >= 0.6 is 11.6 Å². The van der Waals surface area contributed by atoms with Crippen molar-refractivity contribution in [2.45, 2.75) is 17.8 Å². The molecule has 2 atom stereocenters. The van der Waals surface area contributed by atoms with Gasteiger partial charge in [-0.1, -0.05) is 17.7 Å². The molecule has 8 nitrogen and oxygen atoms in total. The second-order valence-electron chi connectivity index (χ2n) is 8.59. The molecule has 4 aromatic rings. The van der Waals surface area contributed by atoms with Gasteiger partial charge in [0.2, 0.25) is 11.5 Å². The molecular weight excluding hydrogens is 565 g/mol. The van der Waals surface area contributed by atoms with Crippen LogP contribution in [-0.4, -0.2) is 52.4 Å². The first kappa shape index (κ1) is 29.1. The van der Waals surface area contributed by atoms with E-state index in [2.05, 4.69) is 10.3 Å². The first-order chi connectivity index (χ1) is 18.9. The molecule has 2 aromatic carbocycles. The van der Waals surface area contributed by atoms with E-state index >= 15 is 0 Å². The molecule has 2 unspecified atom stereocenters. The molecule has 212 valence electrons. The van der Waals surface area contributed by atoms with Crippen molar-refractivity contribution in [1.82, 2.24) is 9.55 Å². The SMILES string of the molecule is COc1ccc(-n2c(=O)ccc3c(NC(c4ccc(OC)c(F)c4Cl)C(O)(CO)C(F)(F)F)cc(F)cc32)cn1. The summed E-state index contributed by atoms with van der Waals surface area (Å²) in [6.07, 6.45) is -4.20. The van der Waals surface area contributed by atoms with Gasteiger partial charge in [0.05, 0.1) is 49.3 Å². The summed E-state index contributed by atoms with van der Waals surface area (Å²) < 4.78 is 83.1. The van der Waals surface area contributed by atoms with Gasteiger partial charge < -0.3 is 25.0 Å². The summed E-state index contributed by atoms with van der Waals surface area (Å²) in [5.74, 6) is -2.35. The maximum absolute atomic E-state index is 14.9. The summed E-state index contributed by atoms with van der Waals surface area (Å²) in [6.45, 7) is -1.87. The first-order valence-corrected chi connectivity index (χ1v) is 11.8. The van der Waals surface area contributed by atoms with Gasteiger partial charge in [0.1, 0.15) is 5.82 Å². The summed E-state index contributed by atoms with van der Waals surface area (Å²) >= 11 is 6.06. The maximum atomic E-state index is 14.9. The molecule has 0 saturated heterocycles. The van der Waals surface area contributed by atoms with E-state index in [9.17, 15) is 37.0 Å². The molecule has 0 aliphatic heterocycles. The summed E-state index contributed by atoms with van der Waals surface area (Å²) in [5.41, 5.74) is -5.38. The number of nitrogens with zero attached hydrogens (tertiary/aromatic N) is 2. The van der Waals surface area contributed by atoms with Crippen molar-refractivity contribution in [3.05, 3.63) is 87.3 Å². The molecule has 0 aliphatic carbocycles. The molecule has 3 N–H and O–H groups in total. The van der Waals surface area contributed by atoms with Gasteiger partial charge in [-0.3, -0.25) is 9.36 Å². The lowest BCUT2D eigenvalue weighted by molar-refractivity contribution is -0.277. The number of halogens is 6. The number of alkyl halides is 3. The van der Waals surface area contributed by atoms with Crippen molar-refractivity contribution in [2.75, 3.05) is 26.1 Å². The van der Waals surface area contributed by atoms with Crippen LogP contribution < -0.4 is 20.3 Å². The van der Waals surface area contributed by atoms with Gasteiger partial charge in [-0.15, -0.1) is 0 Å². The zero-order chi connectivity index (χ0) is 29.4. The summed E-state index contributed by atoms with van der Waals surface area (Å²) in [6, 6.07) is 6.60. The molecule has 0 spiro atoms. The van der Waals surface area contributed by atoms with Crippen molar-refractivity contribution in [2.24, 2.45) is 0 Å². The summed E-state index contributed by atoms with van der Waals surface area (Å²) in [7, 11) is 2.49. The van der Waals surface area contributed by atoms with E-state index in [1.54, 1.807) is 0 Å². The number of hydrogen-bond acceptors (Lipinski definition) is 7. The molecule has 0 amide bonds. The Labute approximate surface area is 228 Å². The van der Waals surface area contributed by atoms with Gasteiger partial charge >= 0.3 is 6.18 Å². The van der Waals surface area contributed by atoms with Crippen LogP contribution in [0.4, 0.5) is 27.6 Å². The van der Waals surface area contributed by atoms with E-state index in [-0.39, 0.29) is 33.9 Å². The van der Waals surface area contributed by atoms with Gasteiger partial charge in [0, 0.05) is 23.2 Å². The van der Waals surface area contributed by atoms with Crippen LogP contribution in [0.1, 0.15) is 11.6 Å². The van der Waals surface area contributed by atoms with Crippen molar-refractivity contribution in [3.8, 4) is 17.3 Å². The Hall–Kier alpha value is -3.94. The monoisotopic (exact) mass is 585 g/mol. The normalized spacial score (nSPS) is 14.1. The van der Waals surface area contributed by atoms with Crippen LogP contribution in [0.3, 0.4) is 0 Å². The minimum absolute atomic E-state index is 0.0365. The Kier molecular flexibility index (Phi) is 7.92. The zero-order valence-corrected chi connectivity index (χ0v) is 21.5. The molecule has 0 saturated carbocycles. The number of rotatable bonds is 8. The number of aromatic nitrogens is 2. The number of pyridine rings is 2. The average Bonchev–Trinajstić information content (AvgIpc) is 2.92. The number of methoxy groups -OCH3 is 2. The van der Waals surface area contributed by atoms with Crippen LogP contribution in [0.2, 0.25) is 5.02 Å². The summed E-state index contributed by atoms with van der Waals surface area (Å²) in [4.78, 5) is 16.8. The van der Waals surface area contributed by atoms with Crippen molar-refractivity contribution in [3.63, 3.8) is 0 Å². The lowest BCUT2D eigenvalue weighted by Gasteiger charge is -2.38. The highest BCUT2D eigenvalue weighted by Crippen LogP contribution is 2.45. The van der Waals surface area contributed by atoms with Crippen molar-refractivity contribution in [1.29, 1.82) is 0 Å². The standard InChI is InChI=1S/C26H21ClF5N3O5/c1-39-19-6-4-16(22(27)23(19)29)24(25(38,12-36)26(30,31)32)34-17-9-13(28)10-18-15(17)5-8-21(37)35(18)14-3-7-20(40-2)33-11-14/h3-11,24,34,36,38H,12H2,1-2H3. The number of anilines is 1. The average molecular weight is 586 g/mol. The fourth-order valence-corrected chi connectivity index (χ4v) is 4.47. The molecule has 0 radical (unpaired) electrons. The number of nitrogens with one attached hydrogen (secondary N) is 1. The zero-order valence-electron chi connectivity index (χ0n) is 20.8. The quantitative estimate of drug-likeness (QED) is 0.256. The highest BCUT2D eigenvalue weighted by atomic mass is 35.5. The third-order valence-electron chi connectivity index (χ3n) is 6.28. The van der Waals surface area contributed by atoms with Crippen molar-refractivity contribution < 1.29 is 41.6 Å². The third kappa shape index (κ3) is 5.03. The number of fused-ring (bicyclic) bond motifs is 1. The minimum Gasteiger partial charge on any atom is -0.494 e. The molecule has 0 aliphatic rings. The van der Waals surface area contributed by atoms with Crippen LogP contribution in [0.25, 0.3) is 16.6 Å².